The van der Waals surface area contributed by atoms with Gasteiger partial charge in [-0.15, -0.1) is 0 Å². The molecule has 0 aliphatic carbocycles. The van der Waals surface area contributed by atoms with Gasteiger partial charge in [-0.1, -0.05) is 27.2 Å². The Kier molecular flexibility index (Phi) is 6.31. The van der Waals surface area contributed by atoms with Gasteiger partial charge in [-0.05, 0) is 19.3 Å². The Labute approximate surface area is 112 Å². The van der Waals surface area contributed by atoms with E-state index >= 15 is 0 Å². The Morgan fingerprint density at radius 3 is 2.16 bits per heavy atom. The predicted octanol–water partition coefficient (Wildman–Crippen LogP) is 0.439. The fraction of sp³-hybridized carbons (Fsp3) is 0.750. The topological polar surface area (TPSA) is 122 Å². The second kappa shape index (κ2) is 6.96. The molecule has 3 atom stereocenters. The van der Waals surface area contributed by atoms with Crippen molar-refractivity contribution in [2.45, 2.75) is 52.1 Å². The number of carbonyl (C=O) groups is 3. The van der Waals surface area contributed by atoms with Gasteiger partial charge in [0.05, 0.1) is 0 Å². The highest BCUT2D eigenvalue weighted by Gasteiger charge is 2.36. The number of hydrogen-bond acceptors (Lipinski definition) is 3. The van der Waals surface area contributed by atoms with Crippen molar-refractivity contribution in [3.63, 3.8) is 0 Å². The normalized spacial score (nSPS) is 16.8. The number of nitrogens with one attached hydrogen (secondary N) is 2. The number of carboxylic acid groups (broad SMARTS) is 1. The van der Waals surface area contributed by atoms with Crippen LogP contribution >= 0.6 is 0 Å². The van der Waals surface area contributed by atoms with Crippen molar-refractivity contribution in [3.05, 3.63) is 0 Å². The van der Waals surface area contributed by atoms with Crippen LogP contribution in [-0.2, 0) is 9.59 Å². The van der Waals surface area contributed by atoms with Crippen molar-refractivity contribution in [2.75, 3.05) is 0 Å². The molecule has 0 aliphatic rings. The molecular weight excluding hydrogens is 250 g/mol. The van der Waals surface area contributed by atoms with E-state index in [1.165, 1.54) is 6.92 Å². The van der Waals surface area contributed by atoms with Crippen LogP contribution in [0.3, 0.4) is 0 Å². The van der Waals surface area contributed by atoms with E-state index in [-0.39, 0.29) is 12.3 Å². The highest BCUT2D eigenvalue weighted by atomic mass is 16.4. The molecule has 0 rings (SSSR count). The van der Waals surface area contributed by atoms with E-state index in [2.05, 4.69) is 10.6 Å². The lowest BCUT2D eigenvalue weighted by atomic mass is 9.94. The van der Waals surface area contributed by atoms with Crippen molar-refractivity contribution < 1.29 is 19.5 Å². The van der Waals surface area contributed by atoms with Crippen LogP contribution in [-0.4, -0.2) is 34.6 Å². The van der Waals surface area contributed by atoms with Gasteiger partial charge < -0.3 is 21.5 Å². The number of hydrogen-bond donors (Lipinski definition) is 4. The minimum absolute atomic E-state index is 0.151. The van der Waals surface area contributed by atoms with Crippen LogP contribution in [0.4, 0.5) is 4.79 Å². The van der Waals surface area contributed by atoms with Gasteiger partial charge in [0.25, 0.3) is 0 Å². The number of amides is 3. The number of rotatable bonds is 7. The van der Waals surface area contributed by atoms with E-state index in [4.69, 9.17) is 10.8 Å². The molecule has 0 aromatic heterocycles. The molecule has 0 heterocycles. The van der Waals surface area contributed by atoms with Crippen LogP contribution in [0.1, 0.15) is 40.5 Å². The average Bonchev–Trinajstić information content (AvgIpc) is 2.34. The summed E-state index contributed by atoms with van der Waals surface area (Å²) in [6.07, 6.45) is 0.881. The van der Waals surface area contributed by atoms with Crippen molar-refractivity contribution >= 4 is 17.9 Å². The van der Waals surface area contributed by atoms with E-state index in [1.54, 1.807) is 13.8 Å². The molecule has 7 heteroatoms. The first kappa shape index (κ1) is 17.2. The number of primary amides is 1. The molecule has 3 amide bonds. The zero-order valence-corrected chi connectivity index (χ0v) is 11.8. The molecule has 19 heavy (non-hydrogen) atoms. The lowest BCUT2D eigenvalue weighted by Crippen LogP contribution is -2.59. The van der Waals surface area contributed by atoms with Crippen LogP contribution in [0, 0.1) is 5.92 Å². The summed E-state index contributed by atoms with van der Waals surface area (Å²) in [5.74, 6) is -1.81. The fourth-order valence-electron chi connectivity index (χ4n) is 1.50. The Bertz CT molecular complexity index is 359. The van der Waals surface area contributed by atoms with Crippen molar-refractivity contribution in [3.8, 4) is 0 Å². The van der Waals surface area contributed by atoms with Crippen molar-refractivity contribution in [1.82, 2.24) is 10.6 Å². The van der Waals surface area contributed by atoms with E-state index < -0.39 is 29.5 Å². The third-order valence-corrected chi connectivity index (χ3v) is 3.37. The highest BCUT2D eigenvalue weighted by Crippen LogP contribution is 2.13. The first-order chi connectivity index (χ1) is 8.67. The quantitative estimate of drug-likeness (QED) is 0.537. The maximum atomic E-state index is 12.1. The van der Waals surface area contributed by atoms with Crippen LogP contribution in [0.15, 0.2) is 0 Å². The minimum Gasteiger partial charge on any atom is -0.480 e. The summed E-state index contributed by atoms with van der Waals surface area (Å²) in [5.41, 5.74) is 3.67. The fourth-order valence-corrected chi connectivity index (χ4v) is 1.50. The molecule has 0 saturated carbocycles. The summed E-state index contributed by atoms with van der Waals surface area (Å²) >= 11 is 0. The summed E-state index contributed by atoms with van der Waals surface area (Å²) in [5, 5.41) is 13.9. The molecule has 0 fully saturated rings. The molecule has 0 bridgehead atoms. The van der Waals surface area contributed by atoms with Crippen LogP contribution < -0.4 is 16.4 Å². The van der Waals surface area contributed by atoms with E-state index in [0.717, 1.165) is 0 Å². The van der Waals surface area contributed by atoms with Crippen molar-refractivity contribution in [2.24, 2.45) is 11.7 Å². The maximum Gasteiger partial charge on any atom is 0.329 e. The monoisotopic (exact) mass is 273 g/mol. The van der Waals surface area contributed by atoms with E-state index in [0.29, 0.717) is 6.42 Å². The molecule has 7 nitrogen and oxygen atoms in total. The smallest absolute Gasteiger partial charge is 0.329 e. The Morgan fingerprint density at radius 2 is 1.84 bits per heavy atom. The first-order valence-corrected chi connectivity index (χ1v) is 6.29. The largest absolute Gasteiger partial charge is 0.480 e. The first-order valence-electron chi connectivity index (χ1n) is 6.29. The SMILES string of the molecule is CCC(C)C(NC(N)=O)C(=O)NC(C)(CC)C(=O)O. The zero-order valence-electron chi connectivity index (χ0n) is 11.8. The molecule has 0 aliphatic heterocycles. The molecule has 0 radical (unpaired) electrons. The Hall–Kier alpha value is -1.79. The van der Waals surface area contributed by atoms with Crippen molar-refractivity contribution in [1.29, 1.82) is 0 Å². The summed E-state index contributed by atoms with van der Waals surface area (Å²) in [6, 6.07) is -1.65. The lowest BCUT2D eigenvalue weighted by molar-refractivity contribution is -0.147. The second-order valence-corrected chi connectivity index (χ2v) is 4.85. The van der Waals surface area contributed by atoms with Gasteiger partial charge in [0.2, 0.25) is 5.91 Å². The molecule has 0 aromatic carbocycles. The van der Waals surface area contributed by atoms with Crippen LogP contribution in [0.5, 0.6) is 0 Å². The van der Waals surface area contributed by atoms with E-state index in [1.807, 2.05) is 6.92 Å². The van der Waals surface area contributed by atoms with Gasteiger partial charge in [0.1, 0.15) is 11.6 Å². The van der Waals surface area contributed by atoms with Gasteiger partial charge in [0, 0.05) is 0 Å². The second-order valence-electron chi connectivity index (χ2n) is 4.85. The number of urea groups is 1. The number of aliphatic carboxylic acids is 1. The highest BCUT2D eigenvalue weighted by molar-refractivity contribution is 5.91. The van der Waals surface area contributed by atoms with Gasteiger partial charge in [0.15, 0.2) is 0 Å². The van der Waals surface area contributed by atoms with E-state index in [9.17, 15) is 14.4 Å². The molecule has 0 saturated heterocycles. The number of carboxylic acids is 1. The third-order valence-electron chi connectivity index (χ3n) is 3.37. The Balaban J connectivity index is 5.00. The number of nitrogens with two attached hydrogens (primary N) is 1. The summed E-state index contributed by atoms with van der Waals surface area (Å²) in [6.45, 7) is 6.73. The molecular formula is C12H23N3O4. The van der Waals surface area contributed by atoms with Crippen LogP contribution in [0.2, 0.25) is 0 Å². The molecule has 5 N–H and O–H groups in total. The molecule has 0 spiro atoms. The standard InChI is InChI=1S/C12H23N3O4/c1-5-7(3)8(14-11(13)19)9(16)15-12(4,6-2)10(17)18/h7-8H,5-6H2,1-4H3,(H,15,16)(H,17,18)(H3,13,14,19). The van der Waals surface area contributed by atoms with Crippen LogP contribution in [0.25, 0.3) is 0 Å². The Morgan fingerprint density at radius 1 is 1.32 bits per heavy atom. The zero-order chi connectivity index (χ0) is 15.2. The number of carbonyl (C=O) groups excluding carboxylic acids is 2. The third kappa shape index (κ3) is 4.76. The summed E-state index contributed by atoms with van der Waals surface area (Å²) in [4.78, 5) is 34.2. The van der Waals surface area contributed by atoms with Gasteiger partial charge in [-0.25, -0.2) is 9.59 Å². The molecule has 0 aromatic rings. The summed E-state index contributed by atoms with van der Waals surface area (Å²) < 4.78 is 0. The average molecular weight is 273 g/mol. The maximum absolute atomic E-state index is 12.1. The lowest BCUT2D eigenvalue weighted by Gasteiger charge is -2.29. The molecule has 110 valence electrons. The molecule has 3 unspecified atom stereocenters. The van der Waals surface area contributed by atoms with Gasteiger partial charge in [-0.2, -0.15) is 0 Å². The van der Waals surface area contributed by atoms with Gasteiger partial charge >= 0.3 is 12.0 Å². The van der Waals surface area contributed by atoms with Gasteiger partial charge in [-0.3, -0.25) is 4.79 Å². The minimum atomic E-state index is -1.36. The summed E-state index contributed by atoms with van der Waals surface area (Å²) in [7, 11) is 0. The predicted molar refractivity (Wildman–Crippen MR) is 70.4 cm³/mol.